The monoisotopic (exact) mass is 436 g/mol. The Morgan fingerprint density at radius 2 is 1.61 bits per heavy atom. The normalized spacial score (nSPS) is 11.4. The molecule has 0 fully saturated rings. The van der Waals surface area contributed by atoms with Crippen molar-refractivity contribution in [2.45, 2.75) is 51.2 Å². The lowest BCUT2D eigenvalue weighted by atomic mass is 10.2. The number of carbonyl (C=O) groups excluding carboxylic acids is 2. The molecule has 0 saturated heterocycles. The number of rotatable bonds is 11. The van der Waals surface area contributed by atoms with E-state index in [0.29, 0.717) is 13.0 Å². The van der Waals surface area contributed by atoms with E-state index in [1.807, 2.05) is 13.1 Å². The molecule has 0 bridgehead atoms. The molecular weight excluding hydrogens is 414 g/mol. The number of nitrogens with one attached hydrogen (secondary N) is 1. The van der Waals surface area contributed by atoms with Crippen LogP contribution in [-0.4, -0.2) is 37.2 Å². The SMILES string of the molecule is C[Si](C)(CCCNC(=O)CCCCC(=O)Oc1c(F)c(F)cc(F)c1F)O[Si-]. The minimum Gasteiger partial charge on any atom is -0.696 e. The van der Waals surface area contributed by atoms with E-state index in [4.69, 9.17) is 4.12 Å². The van der Waals surface area contributed by atoms with Gasteiger partial charge in [-0.3, -0.25) is 9.59 Å². The van der Waals surface area contributed by atoms with Crippen molar-refractivity contribution in [2.24, 2.45) is 0 Å². The van der Waals surface area contributed by atoms with Crippen LogP contribution < -0.4 is 10.1 Å². The number of halogens is 4. The molecule has 0 aromatic heterocycles. The standard InChI is InChI=1S/C17H22F4NO4Si2/c1-28(2,26-27)9-5-8-22-13(23)6-3-4-7-14(24)25-17-15(20)11(18)10-12(19)16(17)21/h10H,3-9H2,1-2H3,(H,22,23)/q-1. The quantitative estimate of drug-likeness (QED) is 0.144. The third-order valence-electron chi connectivity index (χ3n) is 3.88. The van der Waals surface area contributed by atoms with Crippen LogP contribution in [0.25, 0.3) is 0 Å². The second-order valence-electron chi connectivity index (χ2n) is 6.79. The second kappa shape index (κ2) is 11.3. The zero-order valence-corrected chi connectivity index (χ0v) is 17.7. The molecule has 1 aromatic carbocycles. The zero-order chi connectivity index (χ0) is 21.3. The van der Waals surface area contributed by atoms with Gasteiger partial charge in [0.1, 0.15) is 8.32 Å². The van der Waals surface area contributed by atoms with Crippen LogP contribution in [0.1, 0.15) is 32.1 Å². The number of carbonyl (C=O) groups is 2. The van der Waals surface area contributed by atoms with Crippen LogP contribution in [0, 0.1) is 23.3 Å². The maximum atomic E-state index is 13.4. The van der Waals surface area contributed by atoms with Crippen LogP contribution in [0.15, 0.2) is 6.07 Å². The van der Waals surface area contributed by atoms with Gasteiger partial charge in [-0.15, -0.1) is 0 Å². The van der Waals surface area contributed by atoms with E-state index >= 15 is 0 Å². The van der Waals surface area contributed by atoms with Crippen LogP contribution in [0.2, 0.25) is 19.1 Å². The zero-order valence-electron chi connectivity index (χ0n) is 15.7. The topological polar surface area (TPSA) is 64.6 Å². The number of hydrogen-bond acceptors (Lipinski definition) is 4. The lowest BCUT2D eigenvalue weighted by Gasteiger charge is -2.30. The molecule has 0 atom stereocenters. The highest BCUT2D eigenvalue weighted by Gasteiger charge is 2.23. The fourth-order valence-corrected chi connectivity index (χ4v) is 3.68. The van der Waals surface area contributed by atoms with Gasteiger partial charge in [0.25, 0.3) is 0 Å². The summed E-state index contributed by atoms with van der Waals surface area (Å²) in [6, 6.07) is 0.896. The molecule has 1 N–H and O–H groups in total. The van der Waals surface area contributed by atoms with Crippen LogP contribution >= 0.6 is 0 Å². The first-order valence-corrected chi connectivity index (χ1v) is 12.2. The molecule has 11 heteroatoms. The summed E-state index contributed by atoms with van der Waals surface area (Å²) in [5.41, 5.74) is 0. The fourth-order valence-electron chi connectivity index (χ4n) is 2.24. The van der Waals surface area contributed by atoms with Crippen molar-refractivity contribution in [1.82, 2.24) is 5.32 Å². The number of hydrogen-bond donors (Lipinski definition) is 1. The highest BCUT2D eigenvalue weighted by atomic mass is 28.4. The van der Waals surface area contributed by atoms with Gasteiger partial charge in [-0.2, -0.15) is 8.78 Å². The molecule has 1 rings (SSSR count). The van der Waals surface area contributed by atoms with E-state index in [0.717, 1.165) is 12.5 Å². The van der Waals surface area contributed by atoms with Crippen LogP contribution in [0.5, 0.6) is 5.75 Å². The first kappa shape index (κ1) is 24.3. The Labute approximate surface area is 165 Å². The van der Waals surface area contributed by atoms with Crippen LogP contribution in [0.3, 0.4) is 0 Å². The Bertz CT molecular complexity index is 678. The summed E-state index contributed by atoms with van der Waals surface area (Å²) < 4.78 is 62.6. The number of ether oxygens (including phenoxy) is 1. The van der Waals surface area contributed by atoms with E-state index in [1.54, 1.807) is 0 Å². The molecule has 0 heterocycles. The summed E-state index contributed by atoms with van der Waals surface area (Å²) in [5.74, 6) is -9.51. The van der Waals surface area contributed by atoms with E-state index in [1.165, 1.54) is 0 Å². The minimum absolute atomic E-state index is 0.0244. The van der Waals surface area contributed by atoms with Gasteiger partial charge in [0.15, 0.2) is 11.6 Å². The summed E-state index contributed by atoms with van der Waals surface area (Å²) in [6.07, 6.45) is 1.24. The number of amides is 1. The van der Waals surface area contributed by atoms with Gasteiger partial charge in [0, 0.05) is 25.5 Å². The summed E-state index contributed by atoms with van der Waals surface area (Å²) in [5, 5.41) is 2.75. The molecule has 28 heavy (non-hydrogen) atoms. The van der Waals surface area contributed by atoms with Gasteiger partial charge in [-0.05, 0) is 38.4 Å². The van der Waals surface area contributed by atoms with Gasteiger partial charge in [-0.1, -0.05) is 0 Å². The fraction of sp³-hybridized carbons (Fsp3) is 0.529. The van der Waals surface area contributed by atoms with Crippen LogP contribution in [0.4, 0.5) is 17.6 Å². The Balaban J connectivity index is 2.28. The van der Waals surface area contributed by atoms with Gasteiger partial charge in [0.05, 0.1) is 0 Å². The Morgan fingerprint density at radius 3 is 2.18 bits per heavy atom. The second-order valence-corrected chi connectivity index (χ2v) is 11.6. The van der Waals surface area contributed by atoms with Crippen molar-refractivity contribution in [2.75, 3.05) is 6.54 Å². The van der Waals surface area contributed by atoms with E-state index in [9.17, 15) is 27.2 Å². The molecule has 0 saturated carbocycles. The molecule has 0 unspecified atom stereocenters. The molecule has 0 aliphatic rings. The average molecular weight is 437 g/mol. The summed E-state index contributed by atoms with van der Waals surface area (Å²) >= 11 is 0. The minimum atomic E-state index is -1.77. The molecule has 2 radical (unpaired) electrons. The molecule has 156 valence electrons. The highest BCUT2D eigenvalue weighted by Crippen LogP contribution is 2.26. The molecule has 0 aliphatic heterocycles. The highest BCUT2D eigenvalue weighted by molar-refractivity contribution is 6.73. The third-order valence-corrected chi connectivity index (χ3v) is 7.64. The van der Waals surface area contributed by atoms with Crippen molar-refractivity contribution in [3.63, 3.8) is 0 Å². The molecule has 1 amide bonds. The summed E-state index contributed by atoms with van der Waals surface area (Å²) in [6.45, 7) is 4.59. The van der Waals surface area contributed by atoms with Crippen molar-refractivity contribution >= 4 is 30.7 Å². The molecule has 5 nitrogen and oxygen atoms in total. The molecule has 1 aromatic rings. The van der Waals surface area contributed by atoms with Crippen molar-refractivity contribution in [3.8, 4) is 5.75 Å². The van der Waals surface area contributed by atoms with E-state index in [-0.39, 0.29) is 31.2 Å². The van der Waals surface area contributed by atoms with Crippen LogP contribution in [-0.2, 0) is 13.7 Å². The van der Waals surface area contributed by atoms with Gasteiger partial charge < -0.3 is 24.7 Å². The van der Waals surface area contributed by atoms with Gasteiger partial charge in [-0.25, -0.2) is 8.78 Å². The first-order chi connectivity index (χ1) is 13.1. The van der Waals surface area contributed by atoms with Gasteiger partial charge in [0.2, 0.25) is 23.3 Å². The van der Waals surface area contributed by atoms with Crippen molar-refractivity contribution in [1.29, 1.82) is 0 Å². The first-order valence-electron chi connectivity index (χ1n) is 8.72. The molecular formula is C17H22F4NO4Si2-. The Kier molecular flexibility index (Phi) is 9.83. The predicted octanol–water partition coefficient (Wildman–Crippen LogP) is 3.52. The maximum absolute atomic E-state index is 13.4. The lowest BCUT2D eigenvalue weighted by Crippen LogP contribution is -2.31. The smallest absolute Gasteiger partial charge is 0.311 e. The number of benzene rings is 1. The lowest BCUT2D eigenvalue weighted by molar-refractivity contribution is -0.135. The van der Waals surface area contributed by atoms with Crippen molar-refractivity contribution in [3.05, 3.63) is 29.3 Å². The largest absolute Gasteiger partial charge is 0.696 e. The number of unbranched alkanes of at least 4 members (excludes halogenated alkanes) is 1. The summed E-state index contributed by atoms with van der Waals surface area (Å²) in [7, 11) is 1.32. The summed E-state index contributed by atoms with van der Waals surface area (Å²) in [4.78, 5) is 23.3. The average Bonchev–Trinajstić information content (AvgIpc) is 2.64. The van der Waals surface area contributed by atoms with E-state index < -0.39 is 43.3 Å². The Hall–Kier alpha value is -1.73. The maximum Gasteiger partial charge on any atom is 0.311 e. The molecule has 0 spiro atoms. The van der Waals surface area contributed by atoms with E-state index in [2.05, 4.69) is 20.5 Å². The molecule has 0 aliphatic carbocycles. The van der Waals surface area contributed by atoms with Crippen molar-refractivity contribution < 1.29 is 36.0 Å². The van der Waals surface area contributed by atoms with Gasteiger partial charge >= 0.3 is 5.97 Å². The predicted molar refractivity (Wildman–Crippen MR) is 97.1 cm³/mol. The third kappa shape index (κ3) is 8.11. The Morgan fingerprint density at radius 1 is 1.04 bits per heavy atom. The number of esters is 1.